The van der Waals surface area contributed by atoms with Gasteiger partial charge < -0.3 is 15.3 Å². The number of thioether (sulfide) groups is 2. The predicted molar refractivity (Wildman–Crippen MR) is 135 cm³/mol. The summed E-state index contributed by atoms with van der Waals surface area (Å²) in [6, 6.07) is 16.9. The Morgan fingerprint density at radius 3 is 2.65 bits per heavy atom. The standard InChI is InChI=1S/C24H21N5O3S2/c1-3-26-17-10-9-16(12-25)11-18(17)27-24-29(13-15-7-5-4-6-8-15)21(30)20(34-24)22-28(2)19(14-33-22)23(31)32/h4-11,14,26H,3,13H2,1-2H3,(H,31,32). The van der Waals surface area contributed by atoms with E-state index in [1.165, 1.54) is 33.8 Å². The van der Waals surface area contributed by atoms with Gasteiger partial charge >= 0.3 is 5.97 Å². The van der Waals surface area contributed by atoms with Crippen molar-refractivity contribution < 1.29 is 14.7 Å². The van der Waals surface area contributed by atoms with Crippen molar-refractivity contribution in [1.29, 1.82) is 5.26 Å². The molecule has 8 nitrogen and oxygen atoms in total. The number of aliphatic carboxylic acids is 1. The SMILES string of the molecule is CCNc1ccc(C#N)cc1N=C1SC(=C2SC=C(C(=O)O)N2C)C(=O)N1Cc1ccccc1. The van der Waals surface area contributed by atoms with Gasteiger partial charge in [-0.3, -0.25) is 9.69 Å². The van der Waals surface area contributed by atoms with Crippen LogP contribution in [0.4, 0.5) is 11.4 Å². The Bertz CT molecular complexity index is 1280. The maximum absolute atomic E-state index is 13.5. The van der Waals surface area contributed by atoms with Gasteiger partial charge in [-0.2, -0.15) is 5.26 Å². The molecule has 2 aliphatic heterocycles. The molecule has 0 aromatic heterocycles. The maximum atomic E-state index is 13.5. The minimum atomic E-state index is -1.06. The zero-order valence-corrected chi connectivity index (χ0v) is 20.1. The summed E-state index contributed by atoms with van der Waals surface area (Å²) in [4.78, 5) is 33.4. The summed E-state index contributed by atoms with van der Waals surface area (Å²) in [6.07, 6.45) is 0. The fourth-order valence-electron chi connectivity index (χ4n) is 3.44. The van der Waals surface area contributed by atoms with Crippen LogP contribution in [0.25, 0.3) is 0 Å². The lowest BCUT2D eigenvalue weighted by Gasteiger charge is -2.17. The van der Waals surface area contributed by atoms with Crippen molar-refractivity contribution in [3.05, 3.63) is 80.7 Å². The molecule has 2 heterocycles. The van der Waals surface area contributed by atoms with Crippen molar-refractivity contribution in [2.75, 3.05) is 18.9 Å². The van der Waals surface area contributed by atoms with E-state index < -0.39 is 5.97 Å². The minimum absolute atomic E-state index is 0.108. The Labute approximate surface area is 205 Å². The summed E-state index contributed by atoms with van der Waals surface area (Å²) in [6.45, 7) is 2.95. The summed E-state index contributed by atoms with van der Waals surface area (Å²) in [5, 5.41) is 24.6. The summed E-state index contributed by atoms with van der Waals surface area (Å²) >= 11 is 2.41. The summed E-state index contributed by atoms with van der Waals surface area (Å²) in [7, 11) is 1.63. The zero-order valence-electron chi connectivity index (χ0n) is 18.5. The number of anilines is 1. The average molecular weight is 492 g/mol. The van der Waals surface area contributed by atoms with Crippen molar-refractivity contribution in [1.82, 2.24) is 9.80 Å². The van der Waals surface area contributed by atoms with Crippen LogP contribution in [0, 0.1) is 11.3 Å². The first kappa shape index (κ1) is 23.5. The molecule has 2 aromatic rings. The van der Waals surface area contributed by atoms with Crippen LogP contribution in [0.2, 0.25) is 0 Å². The summed E-state index contributed by atoms with van der Waals surface area (Å²) in [5.74, 6) is -1.30. The van der Waals surface area contributed by atoms with Crippen molar-refractivity contribution in [3.63, 3.8) is 0 Å². The number of aliphatic imine (C=N–C) groups is 1. The number of nitriles is 1. The van der Waals surface area contributed by atoms with E-state index in [0.717, 1.165) is 11.3 Å². The Balaban J connectivity index is 1.79. The number of carboxylic acids is 1. The van der Waals surface area contributed by atoms with Crippen molar-refractivity contribution in [2.24, 2.45) is 4.99 Å². The molecule has 0 spiro atoms. The Morgan fingerprint density at radius 2 is 2.00 bits per heavy atom. The second kappa shape index (κ2) is 10.1. The molecule has 0 aliphatic carbocycles. The van der Waals surface area contributed by atoms with Crippen LogP contribution >= 0.6 is 23.5 Å². The monoisotopic (exact) mass is 491 g/mol. The predicted octanol–water partition coefficient (Wildman–Crippen LogP) is 4.53. The van der Waals surface area contributed by atoms with Crippen LogP contribution in [0.5, 0.6) is 0 Å². The lowest BCUT2D eigenvalue weighted by Crippen LogP contribution is -2.29. The highest BCUT2D eigenvalue weighted by Crippen LogP contribution is 2.44. The van der Waals surface area contributed by atoms with E-state index in [1.54, 1.807) is 30.1 Å². The first-order valence-corrected chi connectivity index (χ1v) is 12.1. The van der Waals surface area contributed by atoms with Crippen LogP contribution in [0.3, 0.4) is 0 Å². The number of amidine groups is 1. The van der Waals surface area contributed by atoms with Gasteiger partial charge in [-0.1, -0.05) is 42.1 Å². The summed E-state index contributed by atoms with van der Waals surface area (Å²) < 4.78 is 0. The third kappa shape index (κ3) is 4.66. The van der Waals surface area contributed by atoms with Crippen molar-refractivity contribution >= 4 is 51.9 Å². The fraction of sp³-hybridized carbons (Fsp3) is 0.167. The largest absolute Gasteiger partial charge is 0.477 e. The number of nitrogens with zero attached hydrogens (tertiary/aromatic N) is 4. The number of hydrogen-bond acceptors (Lipinski definition) is 8. The highest BCUT2D eigenvalue weighted by atomic mass is 32.2. The molecule has 2 aliphatic rings. The van der Waals surface area contributed by atoms with E-state index in [0.29, 0.717) is 39.4 Å². The molecule has 172 valence electrons. The number of benzene rings is 2. The minimum Gasteiger partial charge on any atom is -0.477 e. The third-order valence-corrected chi connectivity index (χ3v) is 7.36. The second-order valence-electron chi connectivity index (χ2n) is 7.37. The van der Waals surface area contributed by atoms with Gasteiger partial charge in [0.05, 0.1) is 34.6 Å². The van der Waals surface area contributed by atoms with Gasteiger partial charge in [-0.15, -0.1) is 0 Å². The first-order valence-electron chi connectivity index (χ1n) is 10.4. The maximum Gasteiger partial charge on any atom is 0.353 e. The average Bonchev–Trinajstić information content (AvgIpc) is 3.35. The van der Waals surface area contributed by atoms with E-state index in [4.69, 9.17) is 4.99 Å². The number of nitrogens with one attached hydrogen (secondary N) is 1. The van der Waals surface area contributed by atoms with Gasteiger partial charge in [0, 0.05) is 19.0 Å². The van der Waals surface area contributed by atoms with Gasteiger partial charge in [-0.05, 0) is 42.4 Å². The van der Waals surface area contributed by atoms with Crippen LogP contribution in [0.15, 0.2) is 74.6 Å². The van der Waals surface area contributed by atoms with E-state index in [9.17, 15) is 20.0 Å². The fourth-order valence-corrected chi connectivity index (χ4v) is 5.65. The molecule has 2 N–H and O–H groups in total. The molecule has 0 radical (unpaired) electrons. The molecular weight excluding hydrogens is 470 g/mol. The van der Waals surface area contributed by atoms with Crippen molar-refractivity contribution in [3.8, 4) is 6.07 Å². The third-order valence-electron chi connectivity index (χ3n) is 5.12. The molecule has 1 amide bonds. The normalized spacial score (nSPS) is 18.9. The molecule has 2 aromatic carbocycles. The quantitative estimate of drug-likeness (QED) is 0.568. The van der Waals surface area contributed by atoms with Gasteiger partial charge in [0.1, 0.15) is 10.6 Å². The lowest BCUT2D eigenvalue weighted by atomic mass is 10.2. The van der Waals surface area contributed by atoms with E-state index in [-0.39, 0.29) is 11.6 Å². The highest BCUT2D eigenvalue weighted by Gasteiger charge is 2.39. The number of carbonyl (C=O) groups is 2. The van der Waals surface area contributed by atoms with E-state index >= 15 is 0 Å². The Kier molecular flexibility index (Phi) is 6.95. The van der Waals surface area contributed by atoms with E-state index in [2.05, 4.69) is 11.4 Å². The number of amides is 1. The molecule has 34 heavy (non-hydrogen) atoms. The molecule has 1 fully saturated rings. The molecule has 4 rings (SSSR count). The number of hydrogen-bond donors (Lipinski definition) is 2. The number of carbonyl (C=O) groups excluding carboxylic acids is 1. The topological polar surface area (TPSA) is 109 Å². The number of carboxylic acid groups (broad SMARTS) is 1. The van der Waals surface area contributed by atoms with Gasteiger partial charge in [0.25, 0.3) is 5.91 Å². The van der Waals surface area contributed by atoms with Crippen LogP contribution in [-0.2, 0) is 16.1 Å². The Hall–Kier alpha value is -3.68. The van der Waals surface area contributed by atoms with Gasteiger partial charge in [0.15, 0.2) is 5.17 Å². The first-order chi connectivity index (χ1) is 16.4. The molecule has 0 unspecified atom stereocenters. The van der Waals surface area contributed by atoms with Crippen LogP contribution < -0.4 is 5.32 Å². The summed E-state index contributed by atoms with van der Waals surface area (Å²) in [5.41, 5.74) is 2.81. The smallest absolute Gasteiger partial charge is 0.353 e. The number of likely N-dealkylation sites (N-methyl/N-ethyl adjacent to an activating group) is 1. The second-order valence-corrected chi connectivity index (χ2v) is 9.20. The molecule has 1 saturated heterocycles. The highest BCUT2D eigenvalue weighted by molar-refractivity contribution is 8.19. The molecule has 0 bridgehead atoms. The number of rotatable bonds is 6. The molecule has 10 heteroatoms. The van der Waals surface area contributed by atoms with Crippen LogP contribution in [0.1, 0.15) is 18.1 Å². The zero-order chi connectivity index (χ0) is 24.2. The van der Waals surface area contributed by atoms with Gasteiger partial charge in [0.2, 0.25) is 0 Å². The van der Waals surface area contributed by atoms with Crippen LogP contribution in [-0.4, -0.2) is 45.5 Å². The van der Waals surface area contributed by atoms with Crippen molar-refractivity contribution in [2.45, 2.75) is 13.5 Å². The van der Waals surface area contributed by atoms with E-state index in [1.807, 2.05) is 37.3 Å². The molecule has 0 saturated carbocycles. The lowest BCUT2D eigenvalue weighted by molar-refractivity contribution is -0.134. The Morgan fingerprint density at radius 1 is 1.24 bits per heavy atom. The molecule has 0 atom stereocenters. The molecular formula is C24H21N5O3S2. The van der Waals surface area contributed by atoms with Gasteiger partial charge in [-0.25, -0.2) is 9.79 Å².